The SMILES string of the molecule is CC(F)(F)c1ccc(Oc2ccc(N3CCCN4CCS(=O)(=O)N=C43)cc2)cc1. The minimum Gasteiger partial charge on any atom is -0.457 e. The van der Waals surface area contributed by atoms with E-state index in [9.17, 15) is 17.2 Å². The number of ether oxygens (including phenoxy) is 1. The van der Waals surface area contributed by atoms with Gasteiger partial charge in [-0.15, -0.1) is 4.40 Å². The molecule has 1 fully saturated rings. The van der Waals surface area contributed by atoms with Crippen LogP contribution in [0.2, 0.25) is 0 Å². The maximum absolute atomic E-state index is 13.3. The number of hydrogen-bond acceptors (Lipinski definition) is 5. The lowest BCUT2D eigenvalue weighted by atomic mass is 10.1. The number of halogens is 2. The normalized spacial score (nSPS) is 18.8. The summed E-state index contributed by atoms with van der Waals surface area (Å²) in [5.41, 5.74) is 0.747. The molecule has 0 radical (unpaired) electrons. The van der Waals surface area contributed by atoms with E-state index in [-0.39, 0.29) is 11.3 Å². The number of nitrogens with zero attached hydrogens (tertiary/aromatic N) is 3. The molecule has 0 aromatic heterocycles. The van der Waals surface area contributed by atoms with Gasteiger partial charge in [0.05, 0.1) is 5.75 Å². The molecule has 154 valence electrons. The summed E-state index contributed by atoms with van der Waals surface area (Å²) in [6, 6.07) is 12.9. The Morgan fingerprint density at radius 1 is 0.966 bits per heavy atom. The van der Waals surface area contributed by atoms with Gasteiger partial charge in [-0.1, -0.05) is 0 Å². The van der Waals surface area contributed by atoms with Gasteiger partial charge in [0.2, 0.25) is 5.96 Å². The third kappa shape index (κ3) is 4.34. The summed E-state index contributed by atoms with van der Waals surface area (Å²) in [6.45, 7) is 2.77. The second kappa shape index (κ2) is 7.29. The fourth-order valence-electron chi connectivity index (χ4n) is 3.40. The largest absolute Gasteiger partial charge is 0.457 e. The quantitative estimate of drug-likeness (QED) is 0.752. The van der Waals surface area contributed by atoms with Gasteiger partial charge in [0, 0.05) is 37.8 Å². The van der Waals surface area contributed by atoms with E-state index in [2.05, 4.69) is 4.40 Å². The molecule has 4 rings (SSSR count). The van der Waals surface area contributed by atoms with E-state index >= 15 is 0 Å². The predicted octanol–water partition coefficient (Wildman–Crippen LogP) is 3.80. The minimum absolute atomic E-state index is 0.0415. The van der Waals surface area contributed by atoms with Crippen molar-refractivity contribution in [1.29, 1.82) is 0 Å². The molecule has 0 unspecified atom stereocenters. The topological polar surface area (TPSA) is 62.2 Å². The van der Waals surface area contributed by atoms with Gasteiger partial charge in [0.15, 0.2) is 0 Å². The van der Waals surface area contributed by atoms with Crippen molar-refractivity contribution in [3.63, 3.8) is 0 Å². The van der Waals surface area contributed by atoms with Crippen LogP contribution in [0, 0.1) is 0 Å². The molecule has 2 heterocycles. The summed E-state index contributed by atoms with van der Waals surface area (Å²) < 4.78 is 60.1. The Kier molecular flexibility index (Phi) is 4.94. The van der Waals surface area contributed by atoms with Crippen molar-refractivity contribution < 1.29 is 21.9 Å². The third-order valence-corrected chi connectivity index (χ3v) is 6.06. The van der Waals surface area contributed by atoms with E-state index < -0.39 is 15.9 Å². The lowest BCUT2D eigenvalue weighted by molar-refractivity contribution is 0.0174. The fraction of sp³-hybridized carbons (Fsp3) is 0.350. The summed E-state index contributed by atoms with van der Waals surface area (Å²) in [4.78, 5) is 3.88. The number of fused-ring (bicyclic) bond motifs is 1. The maximum atomic E-state index is 13.3. The predicted molar refractivity (Wildman–Crippen MR) is 107 cm³/mol. The summed E-state index contributed by atoms with van der Waals surface area (Å²) in [5.74, 6) is -1.38. The summed E-state index contributed by atoms with van der Waals surface area (Å²) in [6.07, 6.45) is 0.908. The van der Waals surface area contributed by atoms with Crippen LogP contribution >= 0.6 is 0 Å². The molecule has 0 atom stereocenters. The van der Waals surface area contributed by atoms with Crippen LogP contribution in [-0.4, -0.2) is 44.7 Å². The smallest absolute Gasteiger partial charge is 0.270 e. The number of guanidine groups is 1. The lowest BCUT2D eigenvalue weighted by Gasteiger charge is -2.40. The molecule has 9 heteroatoms. The minimum atomic E-state index is -3.43. The van der Waals surface area contributed by atoms with Crippen molar-refractivity contribution in [2.24, 2.45) is 4.40 Å². The molecule has 29 heavy (non-hydrogen) atoms. The Hall–Kier alpha value is -2.68. The molecule has 2 aromatic rings. The molecule has 2 aromatic carbocycles. The zero-order valence-corrected chi connectivity index (χ0v) is 16.7. The molecule has 1 saturated heterocycles. The van der Waals surface area contributed by atoms with E-state index in [1.165, 1.54) is 24.3 Å². The van der Waals surface area contributed by atoms with Crippen LogP contribution in [0.25, 0.3) is 0 Å². The van der Waals surface area contributed by atoms with Gasteiger partial charge in [-0.3, -0.25) is 0 Å². The molecule has 0 amide bonds. The second-order valence-electron chi connectivity index (χ2n) is 7.18. The highest BCUT2D eigenvalue weighted by atomic mass is 32.2. The average molecular weight is 421 g/mol. The van der Waals surface area contributed by atoms with Gasteiger partial charge in [-0.05, 0) is 55.0 Å². The first-order valence-corrected chi connectivity index (χ1v) is 10.9. The van der Waals surface area contributed by atoms with Gasteiger partial charge in [-0.2, -0.15) is 0 Å². The van der Waals surface area contributed by atoms with Crippen molar-refractivity contribution in [3.8, 4) is 11.5 Å². The van der Waals surface area contributed by atoms with Crippen molar-refractivity contribution in [2.75, 3.05) is 30.3 Å². The number of anilines is 1. The van der Waals surface area contributed by atoms with Gasteiger partial charge in [0.25, 0.3) is 15.9 Å². The van der Waals surface area contributed by atoms with Crippen molar-refractivity contribution in [3.05, 3.63) is 54.1 Å². The molecule has 6 nitrogen and oxygen atoms in total. The standard InChI is InChI=1S/C20H21F2N3O3S/c1-20(21,22)15-3-7-17(8-4-15)28-18-9-5-16(6-10-18)25-12-2-11-24-13-14-29(26,27)23-19(24)25/h3-10H,2,11-14H2,1H3. The average Bonchev–Trinajstić information content (AvgIpc) is 2.67. The van der Waals surface area contributed by atoms with E-state index in [4.69, 9.17) is 4.74 Å². The van der Waals surface area contributed by atoms with E-state index in [0.717, 1.165) is 25.6 Å². The number of hydrogen-bond donors (Lipinski definition) is 0. The zero-order chi connectivity index (χ0) is 20.6. The molecule has 2 aliphatic heterocycles. The number of benzene rings is 2. The number of alkyl halides is 2. The lowest BCUT2D eigenvalue weighted by Crippen LogP contribution is -2.54. The Balaban J connectivity index is 1.51. The van der Waals surface area contributed by atoms with E-state index in [1.54, 1.807) is 12.1 Å². The first-order valence-electron chi connectivity index (χ1n) is 9.33. The van der Waals surface area contributed by atoms with Crippen LogP contribution in [0.4, 0.5) is 14.5 Å². The molecule has 0 bridgehead atoms. The Labute approximate surface area is 168 Å². The van der Waals surface area contributed by atoms with E-state index in [1.807, 2.05) is 21.9 Å². The molecule has 2 aliphatic rings. The Bertz CT molecular complexity index is 1020. The second-order valence-corrected chi connectivity index (χ2v) is 8.93. The van der Waals surface area contributed by atoms with Crippen molar-refractivity contribution in [1.82, 2.24) is 4.90 Å². The first-order chi connectivity index (χ1) is 13.7. The summed E-state index contributed by atoms with van der Waals surface area (Å²) in [7, 11) is -3.43. The van der Waals surface area contributed by atoms with Crippen molar-refractivity contribution in [2.45, 2.75) is 19.3 Å². The van der Waals surface area contributed by atoms with Crippen LogP contribution in [0.3, 0.4) is 0 Å². The van der Waals surface area contributed by atoms with Crippen LogP contribution in [-0.2, 0) is 15.9 Å². The monoisotopic (exact) mass is 421 g/mol. The van der Waals surface area contributed by atoms with Crippen molar-refractivity contribution >= 4 is 21.7 Å². The van der Waals surface area contributed by atoms with E-state index in [0.29, 0.717) is 30.5 Å². The molecule has 0 N–H and O–H groups in total. The summed E-state index contributed by atoms with van der Waals surface area (Å²) >= 11 is 0. The number of rotatable bonds is 4. The fourth-order valence-corrected chi connectivity index (χ4v) is 4.40. The van der Waals surface area contributed by atoms with Crippen LogP contribution < -0.4 is 9.64 Å². The first kappa shape index (κ1) is 19.6. The highest BCUT2D eigenvalue weighted by Gasteiger charge is 2.31. The van der Waals surface area contributed by atoms with Crippen LogP contribution in [0.15, 0.2) is 52.9 Å². The Morgan fingerprint density at radius 3 is 2.21 bits per heavy atom. The van der Waals surface area contributed by atoms with Crippen LogP contribution in [0.5, 0.6) is 11.5 Å². The highest BCUT2D eigenvalue weighted by molar-refractivity contribution is 7.90. The van der Waals surface area contributed by atoms with Gasteiger partial charge in [0.1, 0.15) is 11.5 Å². The molecule has 0 aliphatic carbocycles. The maximum Gasteiger partial charge on any atom is 0.270 e. The van der Waals surface area contributed by atoms with Crippen LogP contribution in [0.1, 0.15) is 18.9 Å². The number of sulfonamides is 1. The van der Waals surface area contributed by atoms with Gasteiger partial charge >= 0.3 is 0 Å². The molecular weight excluding hydrogens is 400 g/mol. The van der Waals surface area contributed by atoms with Gasteiger partial charge < -0.3 is 14.5 Å². The molecule has 0 spiro atoms. The zero-order valence-electron chi connectivity index (χ0n) is 15.9. The molecule has 0 saturated carbocycles. The highest BCUT2D eigenvalue weighted by Crippen LogP contribution is 2.31. The van der Waals surface area contributed by atoms with Gasteiger partial charge in [-0.25, -0.2) is 17.2 Å². The Morgan fingerprint density at radius 2 is 1.59 bits per heavy atom. The summed E-state index contributed by atoms with van der Waals surface area (Å²) in [5, 5.41) is 0. The third-order valence-electron chi connectivity index (χ3n) is 4.92. The molecular formula is C20H21F2N3O3S.